The summed E-state index contributed by atoms with van der Waals surface area (Å²) in [7, 11) is 1.95. The molecule has 0 bridgehead atoms. The van der Waals surface area contributed by atoms with Crippen molar-refractivity contribution in [3.63, 3.8) is 0 Å². The van der Waals surface area contributed by atoms with Gasteiger partial charge in [0.25, 0.3) is 0 Å². The number of amides is 1. The van der Waals surface area contributed by atoms with Gasteiger partial charge in [-0.2, -0.15) is 5.10 Å². The lowest BCUT2D eigenvalue weighted by molar-refractivity contribution is -0.129. The highest BCUT2D eigenvalue weighted by Gasteiger charge is 2.25. The first-order valence-electron chi connectivity index (χ1n) is 6.87. The number of fused-ring (bicyclic) bond motifs is 1. The highest BCUT2D eigenvalue weighted by molar-refractivity contribution is 9.10. The van der Waals surface area contributed by atoms with E-state index < -0.39 is 0 Å². The molecule has 0 atom stereocenters. The van der Waals surface area contributed by atoms with E-state index in [2.05, 4.69) is 26.3 Å². The predicted molar refractivity (Wildman–Crippen MR) is 85.4 cm³/mol. The minimum absolute atomic E-state index is 0.109. The van der Waals surface area contributed by atoms with Gasteiger partial charge in [-0.1, -0.05) is 22.0 Å². The van der Waals surface area contributed by atoms with Gasteiger partial charge in [0, 0.05) is 48.4 Å². The molecular formula is C15H17BrN4O. The molecule has 0 radical (unpaired) electrons. The van der Waals surface area contributed by atoms with E-state index in [0.717, 1.165) is 34.5 Å². The Kier molecular flexibility index (Phi) is 3.71. The van der Waals surface area contributed by atoms with Crippen LogP contribution in [0.2, 0.25) is 0 Å². The number of anilines is 2. The van der Waals surface area contributed by atoms with E-state index in [1.54, 1.807) is 6.92 Å². The van der Waals surface area contributed by atoms with Crippen LogP contribution in [0.3, 0.4) is 0 Å². The highest BCUT2D eigenvalue weighted by atomic mass is 79.9. The number of nitrogens with one attached hydrogen (secondary N) is 1. The molecule has 1 amide bonds. The zero-order chi connectivity index (χ0) is 15.0. The summed E-state index contributed by atoms with van der Waals surface area (Å²) in [5, 5.41) is 7.92. The number of aromatic nitrogens is 2. The normalized spacial score (nSPS) is 14.0. The van der Waals surface area contributed by atoms with Crippen LogP contribution in [0.4, 0.5) is 11.5 Å². The summed E-state index contributed by atoms with van der Waals surface area (Å²) in [5.41, 5.74) is 3.29. The number of benzene rings is 1. The van der Waals surface area contributed by atoms with Gasteiger partial charge in [0.2, 0.25) is 5.91 Å². The largest absolute Gasteiger partial charge is 0.338 e. The minimum atomic E-state index is 0.109. The van der Waals surface area contributed by atoms with Crippen molar-refractivity contribution in [2.75, 3.05) is 11.9 Å². The SMILES string of the molecule is CC(=O)N1CCc2c(c(Nc3cccc(Br)c3)nn2C)C1. The third kappa shape index (κ3) is 2.81. The van der Waals surface area contributed by atoms with E-state index in [0.29, 0.717) is 6.54 Å². The Morgan fingerprint density at radius 2 is 2.24 bits per heavy atom. The van der Waals surface area contributed by atoms with Gasteiger partial charge in [0.15, 0.2) is 5.82 Å². The average Bonchev–Trinajstić information content (AvgIpc) is 2.75. The summed E-state index contributed by atoms with van der Waals surface area (Å²) in [5.74, 6) is 0.939. The van der Waals surface area contributed by atoms with Crippen LogP contribution in [0.25, 0.3) is 0 Å². The molecule has 1 N–H and O–H groups in total. The zero-order valence-electron chi connectivity index (χ0n) is 12.1. The Morgan fingerprint density at radius 3 is 2.95 bits per heavy atom. The molecule has 0 spiro atoms. The third-order valence-corrected chi connectivity index (χ3v) is 4.27. The summed E-state index contributed by atoms with van der Waals surface area (Å²) in [4.78, 5) is 13.5. The molecular weight excluding hydrogens is 332 g/mol. The van der Waals surface area contributed by atoms with Gasteiger partial charge in [0.05, 0.1) is 6.54 Å². The van der Waals surface area contributed by atoms with E-state index >= 15 is 0 Å². The van der Waals surface area contributed by atoms with Crippen LogP contribution in [0, 0.1) is 0 Å². The standard InChI is InChI=1S/C15H17BrN4O/c1-10(21)20-7-6-14-13(9-20)15(18-19(14)2)17-12-5-3-4-11(16)8-12/h3-5,8H,6-7,9H2,1-2H3,(H,17,18). The quantitative estimate of drug-likeness (QED) is 0.907. The number of halogens is 1. The first-order valence-corrected chi connectivity index (χ1v) is 7.67. The molecule has 1 aromatic heterocycles. The van der Waals surface area contributed by atoms with Gasteiger partial charge in [-0.05, 0) is 18.2 Å². The van der Waals surface area contributed by atoms with Gasteiger partial charge >= 0.3 is 0 Å². The number of aryl methyl sites for hydroxylation is 1. The zero-order valence-corrected chi connectivity index (χ0v) is 13.6. The number of nitrogens with zero attached hydrogens (tertiary/aromatic N) is 3. The Morgan fingerprint density at radius 1 is 1.43 bits per heavy atom. The fraction of sp³-hybridized carbons (Fsp3) is 0.333. The molecule has 1 aromatic carbocycles. The molecule has 1 aliphatic rings. The molecule has 5 nitrogen and oxygen atoms in total. The molecule has 110 valence electrons. The molecule has 2 aromatic rings. The van der Waals surface area contributed by atoms with Gasteiger partial charge in [-0.25, -0.2) is 0 Å². The average molecular weight is 349 g/mol. The van der Waals surface area contributed by atoms with Crippen molar-refractivity contribution in [1.29, 1.82) is 0 Å². The van der Waals surface area contributed by atoms with E-state index in [4.69, 9.17) is 0 Å². The Labute approximate surface area is 132 Å². The topological polar surface area (TPSA) is 50.2 Å². The maximum absolute atomic E-state index is 11.6. The second-order valence-electron chi connectivity index (χ2n) is 5.22. The van der Waals surface area contributed by atoms with Crippen LogP contribution in [-0.2, 0) is 24.8 Å². The number of carbonyl (C=O) groups excluding carboxylic acids is 1. The Bertz CT molecular complexity index is 695. The van der Waals surface area contributed by atoms with Crippen molar-refractivity contribution in [1.82, 2.24) is 14.7 Å². The second-order valence-corrected chi connectivity index (χ2v) is 6.14. The molecule has 1 aliphatic heterocycles. The van der Waals surface area contributed by atoms with Crippen molar-refractivity contribution in [2.24, 2.45) is 7.05 Å². The summed E-state index contributed by atoms with van der Waals surface area (Å²) in [6, 6.07) is 7.96. The van der Waals surface area contributed by atoms with Gasteiger partial charge in [-0.15, -0.1) is 0 Å². The van der Waals surface area contributed by atoms with E-state index in [9.17, 15) is 4.79 Å². The molecule has 3 rings (SSSR count). The molecule has 0 fully saturated rings. The minimum Gasteiger partial charge on any atom is -0.338 e. The lowest BCUT2D eigenvalue weighted by Gasteiger charge is -2.26. The van der Waals surface area contributed by atoms with Crippen molar-refractivity contribution in [3.8, 4) is 0 Å². The van der Waals surface area contributed by atoms with Crippen LogP contribution in [0.1, 0.15) is 18.2 Å². The Balaban J connectivity index is 1.92. The first-order chi connectivity index (χ1) is 10.0. The molecule has 0 saturated carbocycles. The maximum atomic E-state index is 11.6. The fourth-order valence-electron chi connectivity index (χ4n) is 2.66. The van der Waals surface area contributed by atoms with Crippen LogP contribution in [0.5, 0.6) is 0 Å². The summed E-state index contributed by atoms with van der Waals surface area (Å²) >= 11 is 3.47. The van der Waals surface area contributed by atoms with Crippen LogP contribution < -0.4 is 5.32 Å². The third-order valence-electron chi connectivity index (χ3n) is 3.78. The van der Waals surface area contributed by atoms with Crippen LogP contribution in [0.15, 0.2) is 28.7 Å². The fourth-order valence-corrected chi connectivity index (χ4v) is 3.06. The smallest absolute Gasteiger partial charge is 0.219 e. The molecule has 0 unspecified atom stereocenters. The second kappa shape index (κ2) is 5.52. The van der Waals surface area contributed by atoms with Crippen molar-refractivity contribution >= 4 is 33.3 Å². The van der Waals surface area contributed by atoms with Crippen molar-refractivity contribution in [3.05, 3.63) is 40.0 Å². The monoisotopic (exact) mass is 348 g/mol. The van der Waals surface area contributed by atoms with E-state index in [1.807, 2.05) is 40.9 Å². The van der Waals surface area contributed by atoms with Crippen LogP contribution in [-0.4, -0.2) is 27.1 Å². The summed E-state index contributed by atoms with van der Waals surface area (Å²) in [6.07, 6.45) is 0.846. The highest BCUT2D eigenvalue weighted by Crippen LogP contribution is 2.28. The van der Waals surface area contributed by atoms with Crippen molar-refractivity contribution < 1.29 is 4.79 Å². The van der Waals surface area contributed by atoms with E-state index in [-0.39, 0.29) is 5.91 Å². The lowest BCUT2D eigenvalue weighted by Crippen LogP contribution is -2.34. The van der Waals surface area contributed by atoms with Gasteiger partial charge < -0.3 is 10.2 Å². The number of carbonyl (C=O) groups is 1. The molecule has 6 heteroatoms. The molecule has 0 aliphatic carbocycles. The lowest BCUT2D eigenvalue weighted by atomic mass is 10.1. The number of rotatable bonds is 2. The number of hydrogen-bond acceptors (Lipinski definition) is 3. The Hall–Kier alpha value is -1.82. The molecule has 2 heterocycles. The summed E-state index contributed by atoms with van der Waals surface area (Å²) in [6.45, 7) is 3.00. The predicted octanol–water partition coefficient (Wildman–Crippen LogP) is 2.83. The van der Waals surface area contributed by atoms with Crippen LogP contribution >= 0.6 is 15.9 Å². The maximum Gasteiger partial charge on any atom is 0.219 e. The summed E-state index contributed by atoms with van der Waals surface area (Å²) < 4.78 is 2.93. The van der Waals surface area contributed by atoms with Gasteiger partial charge in [0.1, 0.15) is 0 Å². The van der Waals surface area contributed by atoms with Gasteiger partial charge in [-0.3, -0.25) is 9.48 Å². The number of hydrogen-bond donors (Lipinski definition) is 1. The molecule has 0 saturated heterocycles. The first kappa shape index (κ1) is 14.1. The van der Waals surface area contributed by atoms with Crippen molar-refractivity contribution in [2.45, 2.75) is 19.9 Å². The molecule has 21 heavy (non-hydrogen) atoms. The van der Waals surface area contributed by atoms with E-state index in [1.165, 1.54) is 5.69 Å².